The van der Waals surface area contributed by atoms with Crippen molar-refractivity contribution in [2.24, 2.45) is 0 Å². The largest absolute Gasteiger partial charge is 0.238 e. The minimum Gasteiger partial charge on any atom is -0.238 e. The van der Waals surface area contributed by atoms with Crippen molar-refractivity contribution in [3.63, 3.8) is 0 Å². The van der Waals surface area contributed by atoms with Crippen molar-refractivity contribution in [2.45, 2.75) is 32.0 Å². The zero-order chi connectivity index (χ0) is 12.4. The van der Waals surface area contributed by atoms with Crippen LogP contribution in [-0.4, -0.2) is 9.78 Å². The number of alkyl halides is 1. The molecule has 2 rings (SSSR count). The van der Waals surface area contributed by atoms with Crippen LogP contribution in [0.25, 0.3) is 5.69 Å². The molecule has 0 saturated carbocycles. The number of nitrogens with zero attached hydrogens (tertiary/aromatic N) is 2. The molecular weight excluding hydrogens is 276 g/mol. The smallest absolute Gasteiger partial charge is 0.0683 e. The minimum atomic E-state index is 0.502. The van der Waals surface area contributed by atoms with Gasteiger partial charge in [-0.3, -0.25) is 0 Å². The molecule has 0 aliphatic rings. The predicted octanol–water partition coefficient (Wildman–Crippen LogP) is 4.20. The van der Waals surface area contributed by atoms with Gasteiger partial charge in [-0.2, -0.15) is 5.10 Å². The Kier molecular flexibility index (Phi) is 3.67. The Morgan fingerprint density at radius 3 is 2.59 bits per heavy atom. The van der Waals surface area contributed by atoms with Crippen molar-refractivity contribution in [1.29, 1.82) is 0 Å². The molecule has 90 valence electrons. The van der Waals surface area contributed by atoms with Gasteiger partial charge in [-0.1, -0.05) is 48.0 Å². The lowest BCUT2D eigenvalue weighted by molar-refractivity contribution is 0.792. The third kappa shape index (κ3) is 2.29. The van der Waals surface area contributed by atoms with E-state index in [0.29, 0.717) is 5.92 Å². The summed E-state index contributed by atoms with van der Waals surface area (Å²) in [6.07, 6.45) is 1.93. The molecular formula is C14H17BrN2. The second-order valence-electron chi connectivity index (χ2n) is 4.51. The first-order valence-corrected chi connectivity index (χ1v) is 6.96. The molecule has 0 bridgehead atoms. The van der Waals surface area contributed by atoms with Crippen LogP contribution >= 0.6 is 15.9 Å². The molecule has 1 heterocycles. The molecule has 1 aromatic heterocycles. The third-order valence-corrected chi connectivity index (χ3v) is 3.65. The number of para-hydroxylation sites is 1. The lowest BCUT2D eigenvalue weighted by atomic mass is 10.0. The molecule has 2 nitrogen and oxygen atoms in total. The van der Waals surface area contributed by atoms with Gasteiger partial charge in [0.2, 0.25) is 0 Å². The van der Waals surface area contributed by atoms with Gasteiger partial charge in [-0.15, -0.1) is 0 Å². The van der Waals surface area contributed by atoms with Gasteiger partial charge in [0.1, 0.15) is 0 Å². The van der Waals surface area contributed by atoms with Crippen molar-refractivity contribution in [2.75, 3.05) is 0 Å². The van der Waals surface area contributed by atoms with E-state index in [1.165, 1.54) is 22.5 Å². The Morgan fingerprint density at radius 2 is 2.00 bits per heavy atom. The summed E-state index contributed by atoms with van der Waals surface area (Å²) in [5, 5.41) is 5.34. The van der Waals surface area contributed by atoms with Crippen molar-refractivity contribution >= 4 is 15.9 Å². The van der Waals surface area contributed by atoms with E-state index in [-0.39, 0.29) is 0 Å². The summed E-state index contributed by atoms with van der Waals surface area (Å²) in [6, 6.07) is 8.46. The zero-order valence-corrected chi connectivity index (χ0v) is 12.0. The molecule has 2 aromatic rings. The fourth-order valence-corrected chi connectivity index (χ4v) is 2.54. The summed E-state index contributed by atoms with van der Waals surface area (Å²) >= 11 is 3.49. The van der Waals surface area contributed by atoms with Gasteiger partial charge in [0.25, 0.3) is 0 Å². The van der Waals surface area contributed by atoms with E-state index in [9.17, 15) is 0 Å². The normalized spacial score (nSPS) is 11.1. The van der Waals surface area contributed by atoms with Crippen molar-refractivity contribution in [1.82, 2.24) is 9.78 Å². The number of aromatic nitrogens is 2. The van der Waals surface area contributed by atoms with E-state index in [1.54, 1.807) is 0 Å². The Bertz CT molecular complexity index is 515. The molecule has 0 atom stereocenters. The Morgan fingerprint density at radius 1 is 1.29 bits per heavy atom. The Balaban J connectivity index is 2.56. The lowest BCUT2D eigenvalue weighted by Gasteiger charge is -2.14. The van der Waals surface area contributed by atoms with Crippen LogP contribution < -0.4 is 0 Å². The molecule has 0 amide bonds. The maximum absolute atomic E-state index is 4.49. The molecule has 0 radical (unpaired) electrons. The first-order chi connectivity index (χ1) is 8.15. The highest BCUT2D eigenvalue weighted by atomic mass is 79.9. The van der Waals surface area contributed by atoms with E-state index < -0.39 is 0 Å². The van der Waals surface area contributed by atoms with E-state index in [4.69, 9.17) is 0 Å². The van der Waals surface area contributed by atoms with Crippen LogP contribution in [0, 0.1) is 6.92 Å². The molecule has 1 aromatic carbocycles. The maximum Gasteiger partial charge on any atom is 0.0683 e. The van der Waals surface area contributed by atoms with Crippen LogP contribution in [0.4, 0.5) is 0 Å². The topological polar surface area (TPSA) is 17.8 Å². The summed E-state index contributed by atoms with van der Waals surface area (Å²) in [6.45, 7) is 6.53. The molecule has 3 heteroatoms. The number of rotatable bonds is 3. The van der Waals surface area contributed by atoms with Crippen LogP contribution in [0.2, 0.25) is 0 Å². The summed E-state index contributed by atoms with van der Waals surface area (Å²) < 4.78 is 2.03. The average Bonchev–Trinajstić information content (AvgIpc) is 2.70. The third-order valence-electron chi connectivity index (χ3n) is 3.04. The van der Waals surface area contributed by atoms with Gasteiger partial charge in [-0.05, 0) is 24.5 Å². The Hall–Kier alpha value is -1.09. The average molecular weight is 293 g/mol. The van der Waals surface area contributed by atoms with E-state index >= 15 is 0 Å². The highest BCUT2D eigenvalue weighted by Crippen LogP contribution is 2.24. The fraction of sp³-hybridized carbons (Fsp3) is 0.357. The first kappa shape index (κ1) is 12.4. The second kappa shape index (κ2) is 5.05. The zero-order valence-electron chi connectivity index (χ0n) is 10.4. The van der Waals surface area contributed by atoms with Gasteiger partial charge < -0.3 is 0 Å². The molecule has 0 saturated heterocycles. The van der Waals surface area contributed by atoms with E-state index in [0.717, 1.165) is 5.33 Å². The number of benzene rings is 1. The highest BCUT2D eigenvalue weighted by molar-refractivity contribution is 9.08. The van der Waals surface area contributed by atoms with Gasteiger partial charge >= 0.3 is 0 Å². The molecule has 17 heavy (non-hydrogen) atoms. The van der Waals surface area contributed by atoms with Crippen LogP contribution in [0.3, 0.4) is 0 Å². The van der Waals surface area contributed by atoms with E-state index in [2.05, 4.69) is 66.1 Å². The molecule has 0 unspecified atom stereocenters. The van der Waals surface area contributed by atoms with Crippen molar-refractivity contribution in [3.8, 4) is 5.69 Å². The quantitative estimate of drug-likeness (QED) is 0.776. The van der Waals surface area contributed by atoms with Gasteiger partial charge in [0.05, 0.1) is 11.9 Å². The van der Waals surface area contributed by atoms with Crippen LogP contribution in [0.5, 0.6) is 0 Å². The molecule has 0 aliphatic heterocycles. The Labute approximate surface area is 111 Å². The summed E-state index contributed by atoms with van der Waals surface area (Å²) in [4.78, 5) is 0. The maximum atomic E-state index is 4.49. The number of hydrogen-bond donors (Lipinski definition) is 0. The van der Waals surface area contributed by atoms with Crippen LogP contribution in [0.15, 0.2) is 30.5 Å². The summed E-state index contributed by atoms with van der Waals surface area (Å²) in [7, 11) is 0. The SMILES string of the molecule is Cc1c(CBr)cnn1-c1ccccc1C(C)C. The number of hydrogen-bond acceptors (Lipinski definition) is 1. The monoisotopic (exact) mass is 292 g/mol. The highest BCUT2D eigenvalue weighted by Gasteiger charge is 2.12. The van der Waals surface area contributed by atoms with Crippen LogP contribution in [-0.2, 0) is 5.33 Å². The molecule has 0 spiro atoms. The molecule has 0 N–H and O–H groups in total. The van der Waals surface area contributed by atoms with Crippen molar-refractivity contribution < 1.29 is 0 Å². The van der Waals surface area contributed by atoms with Crippen molar-refractivity contribution in [3.05, 3.63) is 47.3 Å². The first-order valence-electron chi connectivity index (χ1n) is 5.84. The van der Waals surface area contributed by atoms with Gasteiger partial charge in [0, 0.05) is 16.6 Å². The van der Waals surface area contributed by atoms with Gasteiger partial charge in [-0.25, -0.2) is 4.68 Å². The lowest BCUT2D eigenvalue weighted by Crippen LogP contribution is -2.04. The fourth-order valence-electron chi connectivity index (χ4n) is 1.99. The minimum absolute atomic E-state index is 0.502. The summed E-state index contributed by atoms with van der Waals surface area (Å²) in [5.41, 5.74) is 4.96. The molecule has 0 aliphatic carbocycles. The predicted molar refractivity (Wildman–Crippen MR) is 75.0 cm³/mol. The number of halogens is 1. The van der Waals surface area contributed by atoms with Gasteiger partial charge in [0.15, 0.2) is 0 Å². The van der Waals surface area contributed by atoms with E-state index in [1.807, 2.05) is 10.9 Å². The second-order valence-corrected chi connectivity index (χ2v) is 5.07. The van der Waals surface area contributed by atoms with Crippen LogP contribution in [0.1, 0.15) is 36.6 Å². The molecule has 0 fully saturated rings. The summed E-state index contributed by atoms with van der Waals surface area (Å²) in [5.74, 6) is 0.502. The standard InChI is InChI=1S/C14H17BrN2/c1-10(2)13-6-4-5-7-14(13)17-11(3)12(8-15)9-16-17/h4-7,9-10H,8H2,1-3H3.